The van der Waals surface area contributed by atoms with Gasteiger partial charge in [-0.15, -0.1) is 0 Å². The molecule has 0 aromatic heterocycles. The molecule has 3 aromatic carbocycles. The van der Waals surface area contributed by atoms with Gasteiger partial charge in [0.2, 0.25) is 15.9 Å². The number of nitrogens with one attached hydrogen (secondary N) is 2. The minimum atomic E-state index is -3.87. The molecule has 0 aliphatic carbocycles. The molecule has 0 saturated heterocycles. The molecule has 0 fully saturated rings. The first-order valence-electron chi connectivity index (χ1n) is 14.5. The minimum absolute atomic E-state index is 0.00518. The van der Waals surface area contributed by atoms with Crippen LogP contribution in [0.3, 0.4) is 0 Å². The molecule has 0 unspecified atom stereocenters. The summed E-state index contributed by atoms with van der Waals surface area (Å²) in [5.41, 5.74) is 1.51. The lowest BCUT2D eigenvalue weighted by Crippen LogP contribution is -2.48. The maximum absolute atomic E-state index is 13.5. The Morgan fingerprint density at radius 2 is 1.60 bits per heavy atom. The van der Waals surface area contributed by atoms with Crippen molar-refractivity contribution in [3.8, 4) is 17.2 Å². The third kappa shape index (κ3) is 8.24. The van der Waals surface area contributed by atoms with Gasteiger partial charge in [0.05, 0.1) is 44.7 Å². The Balaban J connectivity index is 1.59. The van der Waals surface area contributed by atoms with Gasteiger partial charge in [-0.1, -0.05) is 6.92 Å². The lowest BCUT2D eigenvalue weighted by atomic mass is 10.0. The maximum atomic E-state index is 13.5. The van der Waals surface area contributed by atoms with E-state index in [1.165, 1.54) is 30.6 Å². The molecule has 13 heteroatoms. The topological polar surface area (TPSA) is 147 Å². The molecule has 3 N–H and O–H groups in total. The number of amides is 3. The summed E-state index contributed by atoms with van der Waals surface area (Å²) in [6.07, 6.45) is -0.701. The van der Waals surface area contributed by atoms with E-state index in [0.29, 0.717) is 34.2 Å². The van der Waals surface area contributed by atoms with Crippen LogP contribution in [0.25, 0.3) is 0 Å². The summed E-state index contributed by atoms with van der Waals surface area (Å²) in [6, 6.07) is 17.0. The Morgan fingerprint density at radius 1 is 1.02 bits per heavy atom. The van der Waals surface area contributed by atoms with Crippen molar-refractivity contribution in [2.75, 3.05) is 51.6 Å². The lowest BCUT2D eigenvalue weighted by Gasteiger charge is -2.33. The van der Waals surface area contributed by atoms with Crippen LogP contribution in [0.5, 0.6) is 17.2 Å². The Morgan fingerprint density at radius 3 is 2.20 bits per heavy atom. The molecule has 0 radical (unpaired) electrons. The molecule has 4 rings (SSSR count). The van der Waals surface area contributed by atoms with Crippen LogP contribution >= 0.6 is 0 Å². The van der Waals surface area contributed by atoms with Crippen LogP contribution in [0.1, 0.15) is 19.4 Å². The number of likely N-dealkylation sites (N-methyl/N-ethyl adjacent to an activating group) is 1. The van der Waals surface area contributed by atoms with E-state index in [9.17, 15) is 23.1 Å². The number of nitrogens with zero attached hydrogens (tertiary/aromatic N) is 2. The Kier molecular flexibility index (Phi) is 10.9. The number of methoxy groups -OCH3 is 2. The fraction of sp³-hybridized carbons (Fsp3) is 0.375. The Hall–Kier alpha value is -4.33. The van der Waals surface area contributed by atoms with E-state index in [2.05, 4.69) is 10.6 Å². The van der Waals surface area contributed by atoms with E-state index in [-0.39, 0.29) is 42.8 Å². The van der Waals surface area contributed by atoms with Gasteiger partial charge in [0.15, 0.2) is 0 Å². The van der Waals surface area contributed by atoms with Crippen molar-refractivity contribution in [1.29, 1.82) is 0 Å². The standard InChI is InChI=1S/C32H40N4O8S/c1-21-18-36(22(2)20-37)31(38)17-23-16-25(34-32(39)33-24-6-9-26(42-4)10-7-24)8-15-29(23)44-30(21)19-35(3)45(40,41)28-13-11-27(43-5)12-14-28/h6-16,21-22,30,37H,17-20H2,1-5H3,(H2,33,34,39)/t21-,22-,30+/m1/s1. The maximum Gasteiger partial charge on any atom is 0.323 e. The predicted molar refractivity (Wildman–Crippen MR) is 170 cm³/mol. The summed E-state index contributed by atoms with van der Waals surface area (Å²) in [5.74, 6) is 1.06. The zero-order valence-corrected chi connectivity index (χ0v) is 26.8. The van der Waals surface area contributed by atoms with Gasteiger partial charge in [-0.05, 0) is 73.7 Å². The highest BCUT2D eigenvalue weighted by molar-refractivity contribution is 7.89. The van der Waals surface area contributed by atoms with E-state index in [1.807, 2.05) is 6.92 Å². The molecule has 1 heterocycles. The highest BCUT2D eigenvalue weighted by atomic mass is 32.2. The molecule has 3 aromatic rings. The van der Waals surface area contributed by atoms with E-state index in [1.54, 1.807) is 73.5 Å². The van der Waals surface area contributed by atoms with Crippen molar-refractivity contribution in [2.24, 2.45) is 5.92 Å². The summed E-state index contributed by atoms with van der Waals surface area (Å²) >= 11 is 0. The number of fused-ring (bicyclic) bond motifs is 1. The van der Waals surface area contributed by atoms with Crippen LogP contribution in [-0.4, -0.2) is 87.8 Å². The number of hydrogen-bond donors (Lipinski definition) is 3. The number of carbonyl (C=O) groups is 2. The minimum Gasteiger partial charge on any atom is -0.497 e. The number of hydrogen-bond acceptors (Lipinski definition) is 8. The zero-order chi connectivity index (χ0) is 32.7. The molecule has 45 heavy (non-hydrogen) atoms. The van der Waals surface area contributed by atoms with Crippen LogP contribution in [0.4, 0.5) is 16.2 Å². The molecule has 3 amide bonds. The van der Waals surface area contributed by atoms with E-state index < -0.39 is 28.2 Å². The molecule has 1 aliphatic heterocycles. The molecule has 0 bridgehead atoms. The van der Waals surface area contributed by atoms with Crippen molar-refractivity contribution in [3.05, 3.63) is 72.3 Å². The van der Waals surface area contributed by atoms with Gasteiger partial charge in [-0.2, -0.15) is 4.31 Å². The number of carbonyl (C=O) groups excluding carboxylic acids is 2. The molecule has 12 nitrogen and oxygen atoms in total. The summed E-state index contributed by atoms with van der Waals surface area (Å²) < 4.78 is 44.9. The van der Waals surface area contributed by atoms with Crippen molar-refractivity contribution >= 4 is 33.3 Å². The molecular formula is C32H40N4O8S. The molecular weight excluding hydrogens is 600 g/mol. The Labute approximate surface area is 263 Å². The van der Waals surface area contributed by atoms with E-state index >= 15 is 0 Å². The molecule has 3 atom stereocenters. The van der Waals surface area contributed by atoms with Crippen LogP contribution in [0, 0.1) is 5.92 Å². The number of sulfonamides is 1. The number of aliphatic hydroxyl groups excluding tert-OH is 1. The highest BCUT2D eigenvalue weighted by Gasteiger charge is 2.33. The number of rotatable bonds is 10. The number of ether oxygens (including phenoxy) is 3. The van der Waals surface area contributed by atoms with Gasteiger partial charge in [0.25, 0.3) is 0 Å². The third-order valence-electron chi connectivity index (χ3n) is 7.73. The second kappa shape index (κ2) is 14.6. The van der Waals surface area contributed by atoms with Crippen LogP contribution in [-0.2, 0) is 21.2 Å². The number of urea groups is 1. The second-order valence-electron chi connectivity index (χ2n) is 11.0. The highest BCUT2D eigenvalue weighted by Crippen LogP contribution is 2.30. The average molecular weight is 641 g/mol. The first kappa shape index (κ1) is 33.6. The van der Waals surface area contributed by atoms with E-state index in [0.717, 1.165) is 0 Å². The van der Waals surface area contributed by atoms with Gasteiger partial charge in [-0.25, -0.2) is 13.2 Å². The third-order valence-corrected chi connectivity index (χ3v) is 9.56. The molecule has 242 valence electrons. The fourth-order valence-electron chi connectivity index (χ4n) is 4.97. The number of benzene rings is 3. The van der Waals surface area contributed by atoms with Crippen molar-refractivity contribution in [3.63, 3.8) is 0 Å². The van der Waals surface area contributed by atoms with Crippen LogP contribution in [0.2, 0.25) is 0 Å². The Bertz CT molecular complexity index is 1580. The largest absolute Gasteiger partial charge is 0.497 e. The summed E-state index contributed by atoms with van der Waals surface area (Å²) in [4.78, 5) is 27.9. The van der Waals surface area contributed by atoms with Gasteiger partial charge >= 0.3 is 6.03 Å². The van der Waals surface area contributed by atoms with Gasteiger partial charge in [-0.3, -0.25) is 4.79 Å². The summed E-state index contributed by atoms with van der Waals surface area (Å²) in [5, 5.41) is 15.4. The zero-order valence-electron chi connectivity index (χ0n) is 26.0. The van der Waals surface area contributed by atoms with Gasteiger partial charge in [0, 0.05) is 36.4 Å². The molecule has 0 spiro atoms. The normalized spacial score (nSPS) is 17.7. The molecule has 1 aliphatic rings. The van der Waals surface area contributed by atoms with E-state index in [4.69, 9.17) is 14.2 Å². The SMILES string of the molecule is COc1ccc(NC(=O)Nc2ccc3c(c2)CC(=O)N([C@H](C)CO)C[C@@H](C)[C@H](CN(C)S(=O)(=O)c2ccc(OC)cc2)O3)cc1. The number of aliphatic hydroxyl groups is 1. The second-order valence-corrected chi connectivity index (χ2v) is 13.0. The van der Waals surface area contributed by atoms with Gasteiger partial charge in [0.1, 0.15) is 23.4 Å². The van der Waals surface area contributed by atoms with Crippen LogP contribution in [0.15, 0.2) is 71.6 Å². The monoisotopic (exact) mass is 640 g/mol. The smallest absolute Gasteiger partial charge is 0.323 e. The number of anilines is 2. The van der Waals surface area contributed by atoms with Gasteiger partial charge < -0.3 is 34.9 Å². The van der Waals surface area contributed by atoms with Crippen molar-refractivity contribution < 1.29 is 37.3 Å². The first-order chi connectivity index (χ1) is 21.4. The van der Waals surface area contributed by atoms with Crippen LogP contribution < -0.4 is 24.8 Å². The molecule has 0 saturated carbocycles. The quantitative estimate of drug-likeness (QED) is 0.303. The lowest BCUT2D eigenvalue weighted by molar-refractivity contribution is -0.134. The first-order valence-corrected chi connectivity index (χ1v) is 15.9. The summed E-state index contributed by atoms with van der Waals surface area (Å²) in [7, 11) is 0.671. The van der Waals surface area contributed by atoms with Crippen molar-refractivity contribution in [1.82, 2.24) is 9.21 Å². The average Bonchev–Trinajstić information content (AvgIpc) is 3.08. The predicted octanol–water partition coefficient (Wildman–Crippen LogP) is 3.82. The summed E-state index contributed by atoms with van der Waals surface area (Å²) in [6.45, 7) is 3.63. The fourth-order valence-corrected chi connectivity index (χ4v) is 6.16. The van der Waals surface area contributed by atoms with Crippen molar-refractivity contribution in [2.45, 2.75) is 37.3 Å².